The number of carbonyl (C=O) groups is 1. The summed E-state index contributed by atoms with van der Waals surface area (Å²) in [4.78, 5) is 15.7. The average molecular weight is 391 g/mol. The number of aryl methyl sites for hydroxylation is 1. The molecule has 1 amide bonds. The highest BCUT2D eigenvalue weighted by molar-refractivity contribution is 6.04. The summed E-state index contributed by atoms with van der Waals surface area (Å²) >= 11 is 0. The van der Waals surface area contributed by atoms with Gasteiger partial charge in [-0.05, 0) is 44.5 Å². The van der Waals surface area contributed by atoms with Crippen molar-refractivity contribution in [3.63, 3.8) is 0 Å². The van der Waals surface area contributed by atoms with Crippen LogP contribution in [0.1, 0.15) is 42.7 Å². The fourth-order valence-corrected chi connectivity index (χ4v) is 4.53. The smallest absolute Gasteiger partial charge is 0.261 e. The normalized spacial score (nSPS) is 15.9. The second-order valence-corrected chi connectivity index (χ2v) is 7.80. The van der Waals surface area contributed by atoms with Crippen molar-refractivity contribution in [2.75, 3.05) is 14.2 Å². The third-order valence-electron chi connectivity index (χ3n) is 5.89. The Morgan fingerprint density at radius 3 is 2.31 bits per heavy atom. The minimum atomic E-state index is -0.0155. The van der Waals surface area contributed by atoms with E-state index in [9.17, 15) is 4.79 Å². The lowest BCUT2D eigenvalue weighted by Crippen LogP contribution is -2.39. The van der Waals surface area contributed by atoms with Crippen LogP contribution in [-0.4, -0.2) is 31.1 Å². The van der Waals surface area contributed by atoms with Gasteiger partial charge in [0.15, 0.2) is 11.5 Å². The van der Waals surface area contributed by atoms with Crippen LogP contribution in [0.4, 0.5) is 0 Å². The first kappa shape index (κ1) is 19.2. The van der Waals surface area contributed by atoms with Crippen molar-refractivity contribution in [1.29, 1.82) is 0 Å². The van der Waals surface area contributed by atoms with Crippen molar-refractivity contribution in [3.05, 3.63) is 53.6 Å². The highest BCUT2D eigenvalue weighted by Crippen LogP contribution is 2.39. The van der Waals surface area contributed by atoms with E-state index in [0.29, 0.717) is 17.1 Å². The number of hydrogen-bond donors (Lipinski definition) is 0. The van der Waals surface area contributed by atoms with Gasteiger partial charge in [0.2, 0.25) is 11.2 Å². The Morgan fingerprint density at radius 1 is 1.00 bits per heavy atom. The number of carbonyl (C=O) groups excluding carboxylic acids is 1. The molecule has 0 N–H and O–H groups in total. The summed E-state index contributed by atoms with van der Waals surface area (Å²) in [6.07, 6.45) is 0. The molecule has 5 heteroatoms. The van der Waals surface area contributed by atoms with Crippen LogP contribution in [-0.2, 0) is 7.05 Å². The molecule has 0 saturated heterocycles. The van der Waals surface area contributed by atoms with Crippen molar-refractivity contribution < 1.29 is 18.8 Å². The molecule has 5 nitrogen and oxygen atoms in total. The number of pyridine rings is 1. The largest absolute Gasteiger partial charge is 0.493 e. The molecule has 2 aromatic carbocycles. The second-order valence-electron chi connectivity index (χ2n) is 7.80. The first-order chi connectivity index (χ1) is 13.9. The maximum absolute atomic E-state index is 13.7. The summed E-state index contributed by atoms with van der Waals surface area (Å²) in [7, 11) is 5.26. The number of benzene rings is 2. The number of methoxy groups -OCH3 is 2. The molecule has 3 aromatic rings. The highest BCUT2D eigenvalue weighted by Gasteiger charge is 2.37. The van der Waals surface area contributed by atoms with E-state index >= 15 is 0 Å². The van der Waals surface area contributed by atoms with Gasteiger partial charge in [-0.25, -0.2) is 0 Å². The Balaban J connectivity index is 2.13. The highest BCUT2D eigenvalue weighted by atomic mass is 16.5. The predicted octanol–water partition coefficient (Wildman–Crippen LogP) is 4.27. The van der Waals surface area contributed by atoms with Gasteiger partial charge in [0.1, 0.15) is 12.6 Å². The molecule has 2 heterocycles. The molecule has 0 fully saturated rings. The summed E-state index contributed by atoms with van der Waals surface area (Å²) < 4.78 is 13.1. The van der Waals surface area contributed by atoms with Crippen LogP contribution in [0.3, 0.4) is 0 Å². The maximum atomic E-state index is 13.7. The van der Waals surface area contributed by atoms with Crippen LogP contribution in [0.25, 0.3) is 22.2 Å². The Bertz CT molecular complexity index is 1120. The molecule has 4 rings (SSSR count). The van der Waals surface area contributed by atoms with E-state index in [4.69, 9.17) is 9.47 Å². The van der Waals surface area contributed by atoms with Crippen LogP contribution in [0.2, 0.25) is 0 Å². The number of fused-ring (bicyclic) bond motifs is 4. The number of amides is 1. The van der Waals surface area contributed by atoms with Gasteiger partial charge in [-0.2, -0.15) is 4.57 Å². The Morgan fingerprint density at radius 2 is 1.66 bits per heavy atom. The fourth-order valence-electron chi connectivity index (χ4n) is 4.53. The molecule has 0 spiro atoms. The Kier molecular flexibility index (Phi) is 4.69. The van der Waals surface area contributed by atoms with Crippen molar-refractivity contribution >= 4 is 16.8 Å². The summed E-state index contributed by atoms with van der Waals surface area (Å²) in [5, 5.41) is 0.938. The molecule has 0 bridgehead atoms. The molecule has 0 aliphatic carbocycles. The lowest BCUT2D eigenvalue weighted by molar-refractivity contribution is -0.633. The number of ether oxygens (including phenoxy) is 2. The summed E-state index contributed by atoms with van der Waals surface area (Å²) in [5.41, 5.74) is 4.86. The molecule has 1 atom stereocenters. The summed E-state index contributed by atoms with van der Waals surface area (Å²) in [6, 6.07) is 14.3. The van der Waals surface area contributed by atoms with Gasteiger partial charge in [0.05, 0.1) is 37.3 Å². The van der Waals surface area contributed by atoms with Crippen LogP contribution in [0, 0.1) is 0 Å². The zero-order valence-electron chi connectivity index (χ0n) is 17.8. The second kappa shape index (κ2) is 7.07. The van der Waals surface area contributed by atoms with E-state index in [-0.39, 0.29) is 18.0 Å². The SMILES string of the molecule is COc1cc2cc3c([n+](C)c2cc1OC)-c1ccccc1[C@H](C)N(C(C)C)C3=O. The van der Waals surface area contributed by atoms with Gasteiger partial charge in [0, 0.05) is 6.04 Å². The minimum Gasteiger partial charge on any atom is -0.493 e. The first-order valence-corrected chi connectivity index (χ1v) is 9.89. The van der Waals surface area contributed by atoms with Crippen molar-refractivity contribution in [2.45, 2.75) is 32.9 Å². The molecule has 1 aromatic heterocycles. The quantitative estimate of drug-likeness (QED) is 0.626. The zero-order valence-corrected chi connectivity index (χ0v) is 17.8. The lowest BCUT2D eigenvalue weighted by atomic mass is 9.96. The van der Waals surface area contributed by atoms with Gasteiger partial charge < -0.3 is 14.4 Å². The number of hydrogen-bond acceptors (Lipinski definition) is 3. The predicted molar refractivity (Wildman–Crippen MR) is 113 cm³/mol. The standard InChI is InChI=1S/C24H27N2O3/c1-14(2)26-15(3)17-9-7-8-10-18(17)23-19(24(26)27)11-16-12-21(28-5)22(29-6)13-20(16)25(23)4/h7-15H,1-6H3/q+1/t15-/m0/s1. The van der Waals surface area contributed by atoms with E-state index in [1.807, 2.05) is 42.3 Å². The fraction of sp³-hybridized carbons (Fsp3) is 0.333. The van der Waals surface area contributed by atoms with Crippen LogP contribution >= 0.6 is 0 Å². The van der Waals surface area contributed by atoms with E-state index in [1.54, 1.807) is 14.2 Å². The third kappa shape index (κ3) is 2.84. The maximum Gasteiger partial charge on any atom is 0.261 e. The van der Waals surface area contributed by atoms with Crippen LogP contribution in [0.15, 0.2) is 42.5 Å². The third-order valence-corrected chi connectivity index (χ3v) is 5.89. The molecule has 1 aliphatic rings. The van der Waals surface area contributed by atoms with Gasteiger partial charge in [0.25, 0.3) is 5.91 Å². The van der Waals surface area contributed by atoms with E-state index < -0.39 is 0 Å². The molecule has 0 radical (unpaired) electrons. The van der Waals surface area contributed by atoms with Gasteiger partial charge in [-0.15, -0.1) is 0 Å². The van der Waals surface area contributed by atoms with Gasteiger partial charge in [-0.1, -0.05) is 18.2 Å². The van der Waals surface area contributed by atoms with Crippen LogP contribution < -0.4 is 14.0 Å². The van der Waals surface area contributed by atoms with E-state index in [1.165, 1.54) is 0 Å². The van der Waals surface area contributed by atoms with E-state index in [2.05, 4.69) is 37.5 Å². The Labute approximate surface area is 171 Å². The monoisotopic (exact) mass is 391 g/mol. The van der Waals surface area contributed by atoms with Crippen molar-refractivity contribution in [3.8, 4) is 22.8 Å². The topological polar surface area (TPSA) is 42.6 Å². The summed E-state index contributed by atoms with van der Waals surface area (Å²) in [5.74, 6) is 1.36. The zero-order chi connectivity index (χ0) is 20.9. The lowest BCUT2D eigenvalue weighted by Gasteiger charge is -2.32. The van der Waals surface area contributed by atoms with Crippen molar-refractivity contribution in [1.82, 2.24) is 4.90 Å². The number of rotatable bonds is 3. The van der Waals surface area contributed by atoms with Crippen LogP contribution in [0.5, 0.6) is 11.5 Å². The van der Waals surface area contributed by atoms with Gasteiger partial charge in [-0.3, -0.25) is 4.79 Å². The van der Waals surface area contributed by atoms with E-state index in [0.717, 1.165) is 27.7 Å². The minimum absolute atomic E-state index is 0.0155. The molecule has 150 valence electrons. The molecule has 0 saturated carbocycles. The Hall–Kier alpha value is -3.08. The van der Waals surface area contributed by atoms with Crippen molar-refractivity contribution in [2.24, 2.45) is 7.05 Å². The first-order valence-electron chi connectivity index (χ1n) is 9.89. The number of nitrogens with zero attached hydrogens (tertiary/aromatic N) is 2. The molecule has 1 aliphatic heterocycles. The van der Waals surface area contributed by atoms with Gasteiger partial charge >= 0.3 is 0 Å². The molecular weight excluding hydrogens is 364 g/mol. The molecular formula is C24H27N2O3+. The molecule has 0 unspecified atom stereocenters. The number of aromatic nitrogens is 1. The average Bonchev–Trinajstić information content (AvgIpc) is 2.80. The summed E-state index contributed by atoms with van der Waals surface area (Å²) in [6.45, 7) is 6.24. The molecule has 29 heavy (non-hydrogen) atoms.